The zero-order valence-corrected chi connectivity index (χ0v) is 15.9. The molecule has 2 aromatic rings. The third kappa shape index (κ3) is 3.57. The molecule has 2 amide bonds. The maximum atomic E-state index is 13.0. The monoisotopic (exact) mass is 384 g/mol. The minimum atomic E-state index is -0.561. The van der Waals surface area contributed by atoms with Crippen LogP contribution in [0.4, 0.5) is 11.6 Å². The van der Waals surface area contributed by atoms with Crippen LogP contribution in [0.5, 0.6) is 0 Å². The molecule has 148 valence electrons. The molecular weight excluding hydrogens is 360 g/mol. The second kappa shape index (κ2) is 7.97. The second-order valence-electron chi connectivity index (χ2n) is 6.95. The van der Waals surface area contributed by atoms with Crippen molar-refractivity contribution in [2.45, 2.75) is 18.9 Å². The zero-order chi connectivity index (χ0) is 19.5. The van der Waals surface area contributed by atoms with E-state index in [1.165, 1.54) is 0 Å². The van der Waals surface area contributed by atoms with Crippen molar-refractivity contribution >= 4 is 23.5 Å². The van der Waals surface area contributed by atoms with Crippen molar-refractivity contribution in [3.8, 4) is 0 Å². The Morgan fingerprint density at radius 3 is 2.79 bits per heavy atom. The molecule has 0 spiro atoms. The Hall–Kier alpha value is -2.94. The smallest absolute Gasteiger partial charge is 0.255 e. The summed E-state index contributed by atoms with van der Waals surface area (Å²) in [6, 6.07) is 4.73. The number of anilines is 2. The van der Waals surface area contributed by atoms with E-state index in [-0.39, 0.29) is 11.8 Å². The van der Waals surface area contributed by atoms with Gasteiger partial charge in [-0.1, -0.05) is 0 Å². The lowest BCUT2D eigenvalue weighted by molar-refractivity contribution is -0.121. The first-order valence-corrected chi connectivity index (χ1v) is 9.53. The Labute approximate surface area is 163 Å². The van der Waals surface area contributed by atoms with E-state index in [1.54, 1.807) is 47.2 Å². The van der Waals surface area contributed by atoms with Crippen LogP contribution in [0, 0.1) is 0 Å². The first-order chi connectivity index (χ1) is 13.6. The molecule has 1 N–H and O–H groups in total. The van der Waals surface area contributed by atoms with Gasteiger partial charge in [0.05, 0.1) is 25.0 Å². The van der Waals surface area contributed by atoms with Gasteiger partial charge in [-0.2, -0.15) is 5.10 Å². The van der Waals surface area contributed by atoms with Crippen LogP contribution < -0.4 is 15.1 Å². The highest BCUT2D eigenvalue weighted by Crippen LogP contribution is 2.22. The van der Waals surface area contributed by atoms with Crippen molar-refractivity contribution in [2.24, 2.45) is 7.05 Å². The SMILES string of the molecule is Cn1nccc1N1CCCC(NC(=O)c2cccnc2N2CCOCC2)C1=O. The minimum Gasteiger partial charge on any atom is -0.378 e. The number of nitrogens with one attached hydrogen (secondary N) is 1. The van der Waals surface area contributed by atoms with Crippen LogP contribution in [0.1, 0.15) is 23.2 Å². The summed E-state index contributed by atoms with van der Waals surface area (Å²) in [5.41, 5.74) is 0.481. The fourth-order valence-corrected chi connectivity index (χ4v) is 3.71. The molecule has 4 rings (SSSR count). The van der Waals surface area contributed by atoms with Crippen molar-refractivity contribution < 1.29 is 14.3 Å². The summed E-state index contributed by atoms with van der Waals surface area (Å²) >= 11 is 0. The molecule has 2 aliphatic heterocycles. The van der Waals surface area contributed by atoms with E-state index < -0.39 is 6.04 Å². The largest absolute Gasteiger partial charge is 0.378 e. The number of morpholine rings is 1. The van der Waals surface area contributed by atoms with Crippen LogP contribution in [0.2, 0.25) is 0 Å². The van der Waals surface area contributed by atoms with Crippen LogP contribution in [0.3, 0.4) is 0 Å². The summed E-state index contributed by atoms with van der Waals surface area (Å²) in [5.74, 6) is 0.981. The number of rotatable bonds is 4. The summed E-state index contributed by atoms with van der Waals surface area (Å²) in [4.78, 5) is 34.1. The lowest BCUT2D eigenvalue weighted by Crippen LogP contribution is -2.53. The molecule has 0 aliphatic carbocycles. The molecule has 0 bridgehead atoms. The van der Waals surface area contributed by atoms with Crippen molar-refractivity contribution in [1.82, 2.24) is 20.1 Å². The van der Waals surface area contributed by atoms with Crippen molar-refractivity contribution in [2.75, 3.05) is 42.6 Å². The molecule has 2 aromatic heterocycles. The zero-order valence-electron chi connectivity index (χ0n) is 15.9. The Morgan fingerprint density at radius 1 is 1.21 bits per heavy atom. The van der Waals surface area contributed by atoms with Gasteiger partial charge in [0.15, 0.2) is 0 Å². The van der Waals surface area contributed by atoms with Crippen LogP contribution in [-0.4, -0.2) is 65.5 Å². The number of nitrogens with zero attached hydrogens (tertiary/aromatic N) is 5. The molecule has 9 heteroatoms. The van der Waals surface area contributed by atoms with Crippen LogP contribution in [0.15, 0.2) is 30.6 Å². The highest BCUT2D eigenvalue weighted by atomic mass is 16.5. The predicted octanol–water partition coefficient (Wildman–Crippen LogP) is 0.577. The van der Waals surface area contributed by atoms with E-state index in [0.717, 1.165) is 12.2 Å². The van der Waals surface area contributed by atoms with E-state index in [4.69, 9.17) is 4.74 Å². The molecular formula is C19H24N6O3. The number of aromatic nitrogens is 3. The predicted molar refractivity (Wildman–Crippen MR) is 103 cm³/mol. The fraction of sp³-hybridized carbons (Fsp3) is 0.474. The molecule has 2 fully saturated rings. The normalized spacial score (nSPS) is 20.3. The van der Waals surface area contributed by atoms with E-state index in [9.17, 15) is 9.59 Å². The van der Waals surface area contributed by atoms with Crippen molar-refractivity contribution in [3.05, 3.63) is 36.2 Å². The second-order valence-corrected chi connectivity index (χ2v) is 6.95. The third-order valence-electron chi connectivity index (χ3n) is 5.16. The van der Waals surface area contributed by atoms with Gasteiger partial charge in [-0.25, -0.2) is 4.98 Å². The Balaban J connectivity index is 1.51. The van der Waals surface area contributed by atoms with Crippen molar-refractivity contribution in [1.29, 1.82) is 0 Å². The number of ether oxygens (including phenoxy) is 1. The van der Waals surface area contributed by atoms with Crippen molar-refractivity contribution in [3.63, 3.8) is 0 Å². The van der Waals surface area contributed by atoms with Gasteiger partial charge in [0.25, 0.3) is 11.8 Å². The molecule has 1 atom stereocenters. The number of carbonyl (C=O) groups is 2. The van der Waals surface area contributed by atoms with Crippen LogP contribution >= 0.6 is 0 Å². The minimum absolute atomic E-state index is 0.111. The van der Waals surface area contributed by atoms with Gasteiger partial charge in [-0.15, -0.1) is 0 Å². The lowest BCUT2D eigenvalue weighted by Gasteiger charge is -2.33. The molecule has 2 aliphatic rings. The third-order valence-corrected chi connectivity index (χ3v) is 5.16. The summed E-state index contributed by atoms with van der Waals surface area (Å²) in [6.45, 7) is 3.22. The number of aryl methyl sites for hydroxylation is 1. The number of hydrogen-bond acceptors (Lipinski definition) is 6. The maximum absolute atomic E-state index is 13.0. The summed E-state index contributed by atoms with van der Waals surface area (Å²) < 4.78 is 7.05. The Kier molecular flexibility index (Phi) is 5.25. The molecule has 1 unspecified atom stereocenters. The number of hydrogen-bond donors (Lipinski definition) is 1. The van der Waals surface area contributed by atoms with Gasteiger partial charge in [0.1, 0.15) is 17.7 Å². The van der Waals surface area contributed by atoms with Crippen LogP contribution in [-0.2, 0) is 16.6 Å². The molecule has 9 nitrogen and oxygen atoms in total. The summed E-state index contributed by atoms with van der Waals surface area (Å²) in [7, 11) is 1.80. The molecule has 0 aromatic carbocycles. The Morgan fingerprint density at radius 2 is 2.04 bits per heavy atom. The molecule has 28 heavy (non-hydrogen) atoms. The van der Waals surface area contributed by atoms with Crippen LogP contribution in [0.25, 0.3) is 0 Å². The van der Waals surface area contributed by atoms with Gasteiger partial charge in [-0.05, 0) is 25.0 Å². The van der Waals surface area contributed by atoms with Gasteiger partial charge in [0, 0.05) is 38.9 Å². The van der Waals surface area contributed by atoms with E-state index >= 15 is 0 Å². The van der Waals surface area contributed by atoms with E-state index in [2.05, 4.69) is 15.4 Å². The first kappa shape index (κ1) is 18.4. The number of carbonyl (C=O) groups excluding carboxylic acids is 2. The number of pyridine rings is 1. The summed E-state index contributed by atoms with van der Waals surface area (Å²) in [5, 5.41) is 7.05. The number of amides is 2. The molecule has 0 saturated carbocycles. The molecule has 2 saturated heterocycles. The average molecular weight is 384 g/mol. The Bertz CT molecular complexity index is 861. The van der Waals surface area contributed by atoms with E-state index in [0.29, 0.717) is 50.7 Å². The van der Waals surface area contributed by atoms with Gasteiger partial charge < -0.3 is 15.0 Å². The van der Waals surface area contributed by atoms with Gasteiger partial charge >= 0.3 is 0 Å². The first-order valence-electron chi connectivity index (χ1n) is 9.53. The topological polar surface area (TPSA) is 92.6 Å². The highest BCUT2D eigenvalue weighted by Gasteiger charge is 2.33. The van der Waals surface area contributed by atoms with Gasteiger partial charge in [-0.3, -0.25) is 19.2 Å². The molecule has 4 heterocycles. The average Bonchev–Trinajstić information content (AvgIpc) is 3.16. The molecule has 0 radical (unpaired) electrons. The lowest BCUT2D eigenvalue weighted by atomic mass is 10.0. The quantitative estimate of drug-likeness (QED) is 0.829. The van der Waals surface area contributed by atoms with E-state index in [1.807, 2.05) is 4.90 Å². The maximum Gasteiger partial charge on any atom is 0.255 e. The number of piperidine rings is 1. The highest BCUT2D eigenvalue weighted by molar-refractivity contribution is 6.04. The standard InChI is InChI=1S/C19H24N6O3/c1-23-16(6-8-21-23)25-9-3-5-15(19(25)27)22-18(26)14-4-2-7-20-17(14)24-10-12-28-13-11-24/h2,4,6-8,15H,3,5,9-13H2,1H3,(H,22,26). The fourth-order valence-electron chi connectivity index (χ4n) is 3.71. The summed E-state index contributed by atoms with van der Waals surface area (Å²) in [6.07, 6.45) is 4.77. The van der Waals surface area contributed by atoms with Gasteiger partial charge in [0.2, 0.25) is 0 Å².